The Morgan fingerprint density at radius 3 is 1.91 bits per heavy atom. The Morgan fingerprint density at radius 2 is 1.34 bits per heavy atom. The van der Waals surface area contributed by atoms with Gasteiger partial charge in [-0.3, -0.25) is 38.1 Å². The molecular formula is C51H78N5O13P. The van der Waals surface area contributed by atoms with E-state index < -0.39 is 92.2 Å². The van der Waals surface area contributed by atoms with Gasteiger partial charge in [-0.15, -0.1) is 0 Å². The Balaban J connectivity index is 1.66. The Kier molecular flexibility index (Phi) is 25.3. The van der Waals surface area contributed by atoms with Crippen LogP contribution in [0.5, 0.6) is 11.5 Å². The molecule has 1 heterocycles. The van der Waals surface area contributed by atoms with Crippen LogP contribution in [-0.4, -0.2) is 126 Å². The van der Waals surface area contributed by atoms with Crippen LogP contribution in [-0.2, 0) is 53.6 Å². The average Bonchev–Trinajstić information content (AvgIpc) is 3.34. The van der Waals surface area contributed by atoms with Crippen molar-refractivity contribution in [2.75, 3.05) is 41.2 Å². The fourth-order valence-electron chi connectivity index (χ4n) is 8.44. The third-order valence-corrected chi connectivity index (χ3v) is 14.7. The van der Waals surface area contributed by atoms with Crippen molar-refractivity contribution < 1.29 is 62.5 Å². The molecule has 5 atom stereocenters. The van der Waals surface area contributed by atoms with Crippen LogP contribution in [0.2, 0.25) is 0 Å². The summed E-state index contributed by atoms with van der Waals surface area (Å²) >= 11 is 0. The molecule has 1 aliphatic rings. The lowest BCUT2D eigenvalue weighted by atomic mass is 9.89. The molecule has 18 nitrogen and oxygen atoms in total. The number of carbonyl (C=O) groups excluding carboxylic acids is 7. The van der Waals surface area contributed by atoms with Gasteiger partial charge < -0.3 is 50.1 Å². The summed E-state index contributed by atoms with van der Waals surface area (Å²) in [6.45, 7) is 4.46. The fourth-order valence-corrected chi connectivity index (χ4v) is 9.20. The van der Waals surface area contributed by atoms with Gasteiger partial charge in [-0.05, 0) is 48.7 Å². The molecule has 0 radical (unpaired) electrons. The quantitative estimate of drug-likeness (QED) is 0.0388. The number of aliphatic hydroxyl groups is 1. The third-order valence-electron chi connectivity index (χ3n) is 13.1. The number of ketones is 2. The van der Waals surface area contributed by atoms with Crippen LogP contribution in [0.3, 0.4) is 0 Å². The number of fused-ring (bicyclic) bond motifs is 5. The molecule has 0 unspecified atom stereocenters. The summed E-state index contributed by atoms with van der Waals surface area (Å²) in [6.07, 6.45) is 13.6. The van der Waals surface area contributed by atoms with E-state index in [9.17, 15) is 53.4 Å². The van der Waals surface area contributed by atoms with Crippen molar-refractivity contribution in [3.05, 3.63) is 47.5 Å². The van der Waals surface area contributed by atoms with Crippen molar-refractivity contribution >= 4 is 48.7 Å². The number of carbonyl (C=O) groups is 7. The number of nitrogens with zero attached hydrogens (tertiary/aromatic N) is 2. The van der Waals surface area contributed by atoms with Gasteiger partial charge in [0.05, 0.1) is 12.6 Å². The zero-order valence-electron chi connectivity index (χ0n) is 42.3. The Labute approximate surface area is 413 Å². The van der Waals surface area contributed by atoms with Crippen LogP contribution in [0.15, 0.2) is 36.4 Å². The van der Waals surface area contributed by atoms with Gasteiger partial charge in [0.1, 0.15) is 35.9 Å². The van der Waals surface area contributed by atoms with Crippen LogP contribution < -0.4 is 16.0 Å². The highest BCUT2D eigenvalue weighted by atomic mass is 31.2. The average molecular weight is 1000 g/mol. The van der Waals surface area contributed by atoms with Gasteiger partial charge in [-0.2, -0.15) is 0 Å². The molecule has 2 aromatic carbocycles. The van der Waals surface area contributed by atoms with Crippen molar-refractivity contribution in [1.82, 2.24) is 25.8 Å². The van der Waals surface area contributed by atoms with E-state index in [1.807, 2.05) is 0 Å². The summed E-state index contributed by atoms with van der Waals surface area (Å²) in [5, 5.41) is 39.8. The van der Waals surface area contributed by atoms with E-state index in [4.69, 9.17) is 9.05 Å². The monoisotopic (exact) mass is 1000 g/mol. The molecule has 3 rings (SSSR count). The van der Waals surface area contributed by atoms with Gasteiger partial charge in [-0.25, -0.2) is 0 Å². The summed E-state index contributed by atoms with van der Waals surface area (Å²) in [5.74, 6) is -5.79. The SMILES string of the molecule is CCCCCCCCCCCCCCCC(=O)N(C)[C@H](CO)C(=O)N[C@H](C)C(=O)CCC(=O)N(C)[C@@H]1C(=O)C[C@@H](C)C(=O)N[C@H](C(=O)NCP(=O)(OC)OC)Cc2ccc(O)c(c2)-c2cc1ccc2O. The Bertz CT molecular complexity index is 2130. The largest absolute Gasteiger partial charge is 0.507 e. The minimum Gasteiger partial charge on any atom is -0.507 e. The molecule has 4 bridgehead atoms. The number of likely N-dealkylation sites (N-methyl/N-ethyl adjacent to an activating group) is 2. The Hall–Kier alpha value is -5.16. The third kappa shape index (κ3) is 18.2. The first-order valence-corrected chi connectivity index (χ1v) is 26.5. The second kappa shape index (κ2) is 29.9. The van der Waals surface area contributed by atoms with E-state index in [-0.39, 0.29) is 59.8 Å². The van der Waals surface area contributed by atoms with Crippen LogP contribution >= 0.6 is 7.60 Å². The zero-order chi connectivity index (χ0) is 52.0. The normalized spacial score (nSPS) is 17.1. The molecule has 19 heteroatoms. The van der Waals surface area contributed by atoms with E-state index in [0.717, 1.165) is 38.4 Å². The predicted molar refractivity (Wildman–Crippen MR) is 266 cm³/mol. The van der Waals surface area contributed by atoms with Gasteiger partial charge in [0.25, 0.3) is 0 Å². The first-order valence-electron chi connectivity index (χ1n) is 24.7. The van der Waals surface area contributed by atoms with Gasteiger partial charge >= 0.3 is 7.60 Å². The number of aromatic hydroxyl groups is 2. The molecule has 0 aliphatic carbocycles. The van der Waals surface area contributed by atoms with Crippen molar-refractivity contribution in [3.63, 3.8) is 0 Å². The highest BCUT2D eigenvalue weighted by Crippen LogP contribution is 2.45. The summed E-state index contributed by atoms with van der Waals surface area (Å²) < 4.78 is 22.5. The van der Waals surface area contributed by atoms with E-state index in [2.05, 4.69) is 22.9 Å². The summed E-state index contributed by atoms with van der Waals surface area (Å²) in [6, 6.07) is 3.59. The fraction of sp³-hybridized carbons (Fsp3) is 0.627. The number of amides is 5. The number of hydrogen-bond donors (Lipinski definition) is 6. The molecular weight excluding hydrogens is 922 g/mol. The molecule has 70 heavy (non-hydrogen) atoms. The predicted octanol–water partition coefficient (Wildman–Crippen LogP) is 6.61. The lowest BCUT2D eigenvalue weighted by Crippen LogP contribution is -2.53. The maximum atomic E-state index is 14.3. The topological polar surface area (TPSA) is 258 Å². The second-order valence-electron chi connectivity index (χ2n) is 18.4. The lowest BCUT2D eigenvalue weighted by Gasteiger charge is -2.30. The van der Waals surface area contributed by atoms with Crippen LogP contribution in [0.25, 0.3) is 11.1 Å². The van der Waals surface area contributed by atoms with Gasteiger partial charge in [0.15, 0.2) is 11.6 Å². The zero-order valence-corrected chi connectivity index (χ0v) is 43.2. The molecule has 0 saturated heterocycles. The number of Topliss-reactive ketones (excluding diaryl/α,β-unsaturated/α-hetero) is 2. The molecule has 6 N–H and O–H groups in total. The van der Waals surface area contributed by atoms with Crippen molar-refractivity contribution in [1.29, 1.82) is 0 Å². The smallest absolute Gasteiger partial charge is 0.349 e. The van der Waals surface area contributed by atoms with Crippen LogP contribution in [0.1, 0.15) is 147 Å². The number of hydrogen-bond acceptors (Lipinski definition) is 13. The number of unbranched alkanes of at least 4 members (excludes halogenated alkanes) is 12. The molecule has 5 amide bonds. The van der Waals surface area contributed by atoms with E-state index in [0.29, 0.717) is 12.0 Å². The lowest BCUT2D eigenvalue weighted by molar-refractivity contribution is -0.142. The number of nitrogens with one attached hydrogen (secondary N) is 3. The molecule has 0 saturated carbocycles. The highest BCUT2D eigenvalue weighted by Gasteiger charge is 2.35. The number of phenolic OH excluding ortho intramolecular Hbond substituents is 2. The molecule has 0 aromatic heterocycles. The highest BCUT2D eigenvalue weighted by molar-refractivity contribution is 7.53. The van der Waals surface area contributed by atoms with Crippen molar-refractivity contribution in [3.8, 4) is 22.6 Å². The van der Waals surface area contributed by atoms with Crippen molar-refractivity contribution in [2.45, 2.75) is 161 Å². The maximum absolute atomic E-state index is 14.3. The molecule has 390 valence electrons. The van der Waals surface area contributed by atoms with E-state index in [1.165, 1.54) is 127 Å². The molecule has 2 aromatic rings. The van der Waals surface area contributed by atoms with Crippen molar-refractivity contribution in [2.24, 2.45) is 5.92 Å². The maximum Gasteiger partial charge on any atom is 0.349 e. The van der Waals surface area contributed by atoms with E-state index >= 15 is 0 Å². The molecule has 1 aliphatic heterocycles. The first kappa shape index (κ1) is 59.2. The van der Waals surface area contributed by atoms with Crippen LogP contribution in [0, 0.1) is 5.92 Å². The minimum absolute atomic E-state index is 0.0969. The summed E-state index contributed by atoms with van der Waals surface area (Å²) in [4.78, 5) is 97.2. The number of phenols is 2. The van der Waals surface area contributed by atoms with E-state index in [1.54, 1.807) is 0 Å². The summed E-state index contributed by atoms with van der Waals surface area (Å²) in [5.41, 5.74) is 0.897. The standard InChI is InChI=1S/C51H78N5O13P/c1-8-9-10-11-12-13-14-15-16-17-18-19-20-21-46(62)55(4)41(32-57)51(66)53-35(3)42(58)26-27-47(63)56(5)48-37-23-25-44(60)39(31-37)38-29-36(22-24-43(38)59)30-40(54-49(64)34(2)28-45(48)61)50(65)52-33-70(67,68-6)69-7/h22-25,29,31,34-35,40-41,48,57,59-60H,8-21,26-28,30,32-33H2,1-7H3,(H,52,65)(H,53,66)(H,54,64)/t34-,35-,40+,41-,48+/m1/s1. The van der Waals surface area contributed by atoms with Gasteiger partial charge in [0, 0.05) is 77.5 Å². The number of rotatable bonds is 28. The van der Waals surface area contributed by atoms with Gasteiger partial charge in [-0.1, -0.05) is 103 Å². The first-order chi connectivity index (χ1) is 33.3. The second-order valence-corrected chi connectivity index (χ2v) is 20.7. The molecule has 0 spiro atoms. The van der Waals surface area contributed by atoms with Gasteiger partial charge in [0.2, 0.25) is 29.5 Å². The number of aliphatic hydroxyl groups excluding tert-OH is 1. The molecule has 0 fully saturated rings. The Morgan fingerprint density at radius 1 is 0.786 bits per heavy atom. The summed E-state index contributed by atoms with van der Waals surface area (Å²) in [7, 11) is 1.42. The minimum atomic E-state index is -3.69. The number of benzene rings is 2. The van der Waals surface area contributed by atoms with Crippen LogP contribution in [0.4, 0.5) is 0 Å².